The largest absolute Gasteiger partial charge is 0.444 e. The van der Waals surface area contributed by atoms with Crippen molar-refractivity contribution in [2.75, 3.05) is 5.32 Å². The SMILES string of the molecule is CC(C)(C)OC(=O)Nc1ccc(CC#N)c(F)c1. The smallest absolute Gasteiger partial charge is 0.412 e. The van der Waals surface area contributed by atoms with E-state index in [0.29, 0.717) is 11.3 Å². The van der Waals surface area contributed by atoms with Crippen molar-refractivity contribution in [3.8, 4) is 6.07 Å². The van der Waals surface area contributed by atoms with Gasteiger partial charge in [-0.2, -0.15) is 5.26 Å². The normalized spacial score (nSPS) is 10.6. The zero-order valence-corrected chi connectivity index (χ0v) is 10.6. The lowest BCUT2D eigenvalue weighted by molar-refractivity contribution is 0.0636. The van der Waals surface area contributed by atoms with Gasteiger partial charge in [-0.3, -0.25) is 5.32 Å². The summed E-state index contributed by atoms with van der Waals surface area (Å²) < 4.78 is 18.5. The molecule has 0 aromatic heterocycles. The van der Waals surface area contributed by atoms with Crippen LogP contribution in [0.15, 0.2) is 18.2 Å². The van der Waals surface area contributed by atoms with Gasteiger partial charge in [-0.25, -0.2) is 9.18 Å². The van der Waals surface area contributed by atoms with Crippen molar-refractivity contribution in [3.05, 3.63) is 29.6 Å². The first kappa shape index (κ1) is 14.0. The summed E-state index contributed by atoms with van der Waals surface area (Å²) in [6, 6.07) is 6.02. The van der Waals surface area contributed by atoms with Crippen molar-refractivity contribution in [3.63, 3.8) is 0 Å². The summed E-state index contributed by atoms with van der Waals surface area (Å²) in [6.07, 6.45) is -0.645. The van der Waals surface area contributed by atoms with E-state index in [4.69, 9.17) is 10.00 Å². The van der Waals surface area contributed by atoms with Crippen molar-refractivity contribution in [1.82, 2.24) is 0 Å². The number of nitrogens with one attached hydrogen (secondary N) is 1. The van der Waals surface area contributed by atoms with Crippen molar-refractivity contribution >= 4 is 11.8 Å². The molecular formula is C13H15FN2O2. The number of hydrogen-bond donors (Lipinski definition) is 1. The summed E-state index contributed by atoms with van der Waals surface area (Å²) in [5, 5.41) is 10.9. The Bertz CT molecular complexity index is 487. The fourth-order valence-corrected chi connectivity index (χ4v) is 1.28. The fraction of sp³-hybridized carbons (Fsp3) is 0.385. The Morgan fingerprint density at radius 1 is 1.50 bits per heavy atom. The average Bonchev–Trinajstić information content (AvgIpc) is 2.19. The summed E-state index contributed by atoms with van der Waals surface area (Å²) in [5.74, 6) is -0.523. The Hall–Kier alpha value is -2.09. The molecule has 5 heteroatoms. The highest BCUT2D eigenvalue weighted by atomic mass is 19.1. The van der Waals surface area contributed by atoms with E-state index < -0.39 is 17.5 Å². The van der Waals surface area contributed by atoms with Gasteiger partial charge in [0.25, 0.3) is 0 Å². The van der Waals surface area contributed by atoms with Crippen LogP contribution in [0.2, 0.25) is 0 Å². The minimum Gasteiger partial charge on any atom is -0.444 e. The summed E-state index contributed by atoms with van der Waals surface area (Å²) in [4.78, 5) is 11.4. The first-order valence-corrected chi connectivity index (χ1v) is 5.47. The van der Waals surface area contributed by atoms with Gasteiger partial charge >= 0.3 is 6.09 Å². The number of carbonyl (C=O) groups is 1. The molecule has 18 heavy (non-hydrogen) atoms. The Kier molecular flexibility index (Phi) is 4.27. The number of amides is 1. The number of nitriles is 1. The second-order valence-electron chi connectivity index (χ2n) is 4.77. The number of benzene rings is 1. The molecule has 0 aliphatic carbocycles. The maximum Gasteiger partial charge on any atom is 0.412 e. The predicted octanol–water partition coefficient (Wildman–Crippen LogP) is 3.24. The molecule has 1 amide bonds. The van der Waals surface area contributed by atoms with Gasteiger partial charge in [0.15, 0.2) is 0 Å². The van der Waals surface area contributed by atoms with Gasteiger partial charge in [0.1, 0.15) is 11.4 Å². The van der Waals surface area contributed by atoms with Crippen LogP contribution < -0.4 is 5.32 Å². The zero-order valence-electron chi connectivity index (χ0n) is 10.6. The van der Waals surface area contributed by atoms with E-state index in [2.05, 4.69) is 5.32 Å². The molecular weight excluding hydrogens is 235 g/mol. The van der Waals surface area contributed by atoms with E-state index >= 15 is 0 Å². The maximum atomic E-state index is 13.5. The molecule has 96 valence electrons. The van der Waals surface area contributed by atoms with Crippen molar-refractivity contribution in [2.45, 2.75) is 32.8 Å². The highest BCUT2D eigenvalue weighted by molar-refractivity contribution is 5.84. The second-order valence-corrected chi connectivity index (χ2v) is 4.77. The van der Waals surface area contributed by atoms with Gasteiger partial charge in [-0.1, -0.05) is 6.07 Å². The Labute approximate surface area is 105 Å². The summed E-state index contributed by atoms with van der Waals surface area (Å²) in [6.45, 7) is 5.22. The van der Waals surface area contributed by atoms with Gasteiger partial charge in [-0.15, -0.1) is 0 Å². The molecule has 1 aromatic carbocycles. The van der Waals surface area contributed by atoms with Crippen LogP contribution in [-0.4, -0.2) is 11.7 Å². The molecule has 0 saturated heterocycles. The number of ether oxygens (including phenoxy) is 1. The summed E-state index contributed by atoms with van der Waals surface area (Å²) >= 11 is 0. The number of halogens is 1. The van der Waals surface area contributed by atoms with Crippen LogP contribution in [0, 0.1) is 17.1 Å². The molecule has 0 unspecified atom stereocenters. The molecule has 0 fully saturated rings. The lowest BCUT2D eigenvalue weighted by atomic mass is 10.1. The highest BCUT2D eigenvalue weighted by Crippen LogP contribution is 2.16. The van der Waals surface area contributed by atoms with Gasteiger partial charge in [0.2, 0.25) is 0 Å². The minimum absolute atomic E-state index is 0.00144. The van der Waals surface area contributed by atoms with Crippen molar-refractivity contribution in [1.29, 1.82) is 5.26 Å². The molecule has 0 spiro atoms. The average molecular weight is 250 g/mol. The molecule has 0 heterocycles. The molecule has 0 aliphatic rings. The van der Waals surface area contributed by atoms with Crippen LogP contribution in [0.4, 0.5) is 14.9 Å². The number of nitrogens with zero attached hydrogens (tertiary/aromatic N) is 1. The van der Waals surface area contributed by atoms with Gasteiger partial charge in [0, 0.05) is 11.3 Å². The first-order valence-electron chi connectivity index (χ1n) is 5.47. The van der Waals surface area contributed by atoms with E-state index in [1.54, 1.807) is 20.8 Å². The molecule has 0 atom stereocenters. The quantitative estimate of drug-likeness (QED) is 0.876. The number of carbonyl (C=O) groups excluding carboxylic acids is 1. The zero-order chi connectivity index (χ0) is 13.8. The molecule has 1 rings (SSSR count). The number of anilines is 1. The van der Waals surface area contributed by atoms with Crippen molar-refractivity contribution < 1.29 is 13.9 Å². The predicted molar refractivity (Wildman–Crippen MR) is 65.6 cm³/mol. The minimum atomic E-state index is -0.644. The lowest BCUT2D eigenvalue weighted by Gasteiger charge is -2.19. The van der Waals surface area contributed by atoms with Crippen LogP contribution in [-0.2, 0) is 11.2 Å². The molecule has 0 saturated carbocycles. The lowest BCUT2D eigenvalue weighted by Crippen LogP contribution is -2.27. The third-order valence-electron chi connectivity index (χ3n) is 1.97. The van der Waals surface area contributed by atoms with Crippen molar-refractivity contribution in [2.24, 2.45) is 0 Å². The standard InChI is InChI=1S/C13H15FN2O2/c1-13(2,3)18-12(17)16-10-5-4-9(6-7-15)11(14)8-10/h4-5,8H,6H2,1-3H3,(H,16,17). The van der Waals surface area contributed by atoms with E-state index in [0.717, 1.165) is 6.07 Å². The molecule has 0 bridgehead atoms. The van der Waals surface area contributed by atoms with Crippen LogP contribution in [0.5, 0.6) is 0 Å². The Morgan fingerprint density at radius 3 is 2.67 bits per heavy atom. The van der Waals surface area contributed by atoms with Crippen LogP contribution >= 0.6 is 0 Å². The van der Waals surface area contributed by atoms with E-state index in [9.17, 15) is 9.18 Å². The number of rotatable bonds is 2. The third-order valence-corrected chi connectivity index (χ3v) is 1.97. The topological polar surface area (TPSA) is 62.1 Å². The van der Waals surface area contributed by atoms with Gasteiger partial charge in [0.05, 0.1) is 12.5 Å². The highest BCUT2D eigenvalue weighted by Gasteiger charge is 2.16. The Morgan fingerprint density at radius 2 is 2.17 bits per heavy atom. The molecule has 1 N–H and O–H groups in total. The molecule has 1 aromatic rings. The van der Waals surface area contributed by atoms with Crippen LogP contribution in [0.1, 0.15) is 26.3 Å². The maximum absolute atomic E-state index is 13.5. The monoisotopic (exact) mass is 250 g/mol. The summed E-state index contributed by atoms with van der Waals surface area (Å²) in [7, 11) is 0. The van der Waals surface area contributed by atoms with Gasteiger partial charge in [-0.05, 0) is 32.9 Å². The summed E-state index contributed by atoms with van der Waals surface area (Å²) in [5.41, 5.74) is -0.0145. The first-order chi connectivity index (χ1) is 8.31. The van der Waals surface area contributed by atoms with E-state index in [1.807, 2.05) is 6.07 Å². The van der Waals surface area contributed by atoms with Crippen LogP contribution in [0.25, 0.3) is 0 Å². The fourth-order valence-electron chi connectivity index (χ4n) is 1.28. The van der Waals surface area contributed by atoms with Crippen LogP contribution in [0.3, 0.4) is 0 Å². The molecule has 0 radical (unpaired) electrons. The third kappa shape index (κ3) is 4.42. The molecule has 0 aliphatic heterocycles. The second kappa shape index (κ2) is 5.50. The van der Waals surface area contributed by atoms with Gasteiger partial charge < -0.3 is 4.74 Å². The van der Waals surface area contributed by atoms with E-state index in [-0.39, 0.29) is 6.42 Å². The van der Waals surface area contributed by atoms with E-state index in [1.165, 1.54) is 12.1 Å². The number of hydrogen-bond acceptors (Lipinski definition) is 3. The molecule has 4 nitrogen and oxygen atoms in total. The Balaban J connectivity index is 2.72.